The molecule has 0 saturated carbocycles. The molecule has 19 heavy (non-hydrogen) atoms. The van der Waals surface area contributed by atoms with Crippen LogP contribution in [0.4, 0.5) is 10.5 Å². The predicted molar refractivity (Wildman–Crippen MR) is 71.9 cm³/mol. The van der Waals surface area contributed by atoms with Crippen LogP contribution in [0, 0.1) is 0 Å². The van der Waals surface area contributed by atoms with Crippen molar-refractivity contribution in [2.75, 3.05) is 11.9 Å². The molecule has 0 saturated heterocycles. The van der Waals surface area contributed by atoms with Crippen LogP contribution in [0.15, 0.2) is 24.3 Å². The molecule has 1 aromatic carbocycles. The Bertz CT molecular complexity index is 486. The summed E-state index contributed by atoms with van der Waals surface area (Å²) in [6.45, 7) is 1.82. The number of Topliss-reactive ketones (excluding diaryl/α,β-unsaturated/α-hetero) is 1. The van der Waals surface area contributed by atoms with Gasteiger partial charge in [-0.15, -0.1) is 0 Å². The van der Waals surface area contributed by atoms with Crippen molar-refractivity contribution in [1.29, 1.82) is 0 Å². The Hall–Kier alpha value is -2.37. The van der Waals surface area contributed by atoms with Gasteiger partial charge >= 0.3 is 6.03 Å². The molecule has 0 aromatic heterocycles. The van der Waals surface area contributed by atoms with Gasteiger partial charge in [-0.05, 0) is 25.5 Å². The lowest BCUT2D eigenvalue weighted by Gasteiger charge is -2.07. The van der Waals surface area contributed by atoms with Gasteiger partial charge in [-0.25, -0.2) is 4.79 Å². The van der Waals surface area contributed by atoms with Crippen molar-refractivity contribution in [2.24, 2.45) is 5.73 Å². The summed E-state index contributed by atoms with van der Waals surface area (Å²) in [5.74, 6) is -0.457. The van der Waals surface area contributed by atoms with E-state index < -0.39 is 5.91 Å². The Morgan fingerprint density at radius 3 is 2.63 bits per heavy atom. The molecule has 0 heterocycles. The fourth-order valence-corrected chi connectivity index (χ4v) is 1.46. The summed E-state index contributed by atoms with van der Waals surface area (Å²) in [5.41, 5.74) is 6.05. The topological polar surface area (TPSA) is 101 Å². The van der Waals surface area contributed by atoms with E-state index in [1.165, 1.54) is 6.92 Å². The maximum Gasteiger partial charge on any atom is 0.319 e. The van der Waals surface area contributed by atoms with Crippen LogP contribution < -0.4 is 16.4 Å². The van der Waals surface area contributed by atoms with Gasteiger partial charge in [-0.2, -0.15) is 0 Å². The number of primary amides is 1. The standard InChI is InChI=1S/C13H17N3O3/c1-9(17)10-4-2-5-11(8-10)16-13(19)15-7-3-6-12(14)18/h2,4-5,8H,3,6-7H2,1H3,(H2,14,18)(H2,15,16,19). The molecule has 0 fully saturated rings. The quantitative estimate of drug-likeness (QED) is 0.532. The van der Waals surface area contributed by atoms with E-state index >= 15 is 0 Å². The van der Waals surface area contributed by atoms with Crippen LogP contribution in [-0.2, 0) is 4.79 Å². The molecule has 0 atom stereocenters. The second kappa shape index (κ2) is 7.15. The Labute approximate surface area is 111 Å². The maximum absolute atomic E-state index is 11.5. The molecule has 102 valence electrons. The zero-order valence-electron chi connectivity index (χ0n) is 10.7. The number of urea groups is 1. The first kappa shape index (κ1) is 14.7. The molecule has 6 heteroatoms. The van der Waals surface area contributed by atoms with Crippen molar-refractivity contribution in [1.82, 2.24) is 5.32 Å². The SMILES string of the molecule is CC(=O)c1cccc(NC(=O)NCCCC(N)=O)c1. The predicted octanol–water partition coefficient (Wildman–Crippen LogP) is 1.28. The minimum Gasteiger partial charge on any atom is -0.370 e. The van der Waals surface area contributed by atoms with Gasteiger partial charge < -0.3 is 16.4 Å². The molecular formula is C13H17N3O3. The van der Waals surface area contributed by atoms with E-state index in [0.717, 1.165) is 0 Å². The smallest absolute Gasteiger partial charge is 0.319 e. The van der Waals surface area contributed by atoms with E-state index in [4.69, 9.17) is 5.73 Å². The molecule has 0 aliphatic heterocycles. The maximum atomic E-state index is 11.5. The zero-order chi connectivity index (χ0) is 14.3. The average molecular weight is 263 g/mol. The van der Waals surface area contributed by atoms with Crippen LogP contribution in [0.3, 0.4) is 0 Å². The lowest BCUT2D eigenvalue weighted by Crippen LogP contribution is -2.30. The summed E-state index contributed by atoms with van der Waals surface area (Å²) in [4.78, 5) is 33.2. The van der Waals surface area contributed by atoms with E-state index in [1.807, 2.05) is 0 Å². The summed E-state index contributed by atoms with van der Waals surface area (Å²) >= 11 is 0. The van der Waals surface area contributed by atoms with Gasteiger partial charge in [-0.3, -0.25) is 9.59 Å². The van der Waals surface area contributed by atoms with Gasteiger partial charge in [0.15, 0.2) is 5.78 Å². The number of amides is 3. The van der Waals surface area contributed by atoms with Gasteiger partial charge in [0.25, 0.3) is 0 Å². The van der Waals surface area contributed by atoms with Crippen LogP contribution in [0.25, 0.3) is 0 Å². The summed E-state index contributed by atoms with van der Waals surface area (Å²) in [6.07, 6.45) is 0.732. The second-order valence-electron chi connectivity index (χ2n) is 4.09. The summed E-state index contributed by atoms with van der Waals surface area (Å²) in [5, 5.41) is 5.20. The molecule has 1 aromatic rings. The molecule has 0 unspecified atom stereocenters. The number of benzene rings is 1. The number of rotatable bonds is 6. The van der Waals surface area contributed by atoms with Crippen LogP contribution in [-0.4, -0.2) is 24.3 Å². The minimum absolute atomic E-state index is 0.0643. The molecule has 0 spiro atoms. The third kappa shape index (κ3) is 5.67. The lowest BCUT2D eigenvalue weighted by atomic mass is 10.1. The number of hydrogen-bond acceptors (Lipinski definition) is 3. The fraction of sp³-hybridized carbons (Fsp3) is 0.308. The molecule has 4 N–H and O–H groups in total. The van der Waals surface area contributed by atoms with Crippen molar-refractivity contribution in [3.63, 3.8) is 0 Å². The van der Waals surface area contributed by atoms with E-state index in [0.29, 0.717) is 24.2 Å². The lowest BCUT2D eigenvalue weighted by molar-refractivity contribution is -0.118. The first-order valence-corrected chi connectivity index (χ1v) is 5.93. The molecule has 0 aliphatic carbocycles. The average Bonchev–Trinajstić information content (AvgIpc) is 2.34. The van der Waals surface area contributed by atoms with E-state index in [2.05, 4.69) is 10.6 Å². The van der Waals surface area contributed by atoms with E-state index in [1.54, 1.807) is 24.3 Å². The number of ketones is 1. The number of anilines is 1. The third-order valence-corrected chi connectivity index (χ3v) is 2.41. The molecule has 0 aliphatic rings. The number of carbonyl (C=O) groups is 3. The van der Waals surface area contributed by atoms with Gasteiger partial charge in [0.2, 0.25) is 5.91 Å². The Morgan fingerprint density at radius 2 is 2.00 bits per heavy atom. The number of carbonyl (C=O) groups excluding carboxylic acids is 3. The van der Waals surface area contributed by atoms with E-state index in [-0.39, 0.29) is 18.2 Å². The van der Waals surface area contributed by atoms with Crippen LogP contribution >= 0.6 is 0 Å². The van der Waals surface area contributed by atoms with Gasteiger partial charge in [0, 0.05) is 24.2 Å². The van der Waals surface area contributed by atoms with Crippen molar-refractivity contribution >= 4 is 23.4 Å². The molecule has 0 radical (unpaired) electrons. The normalized spacial score (nSPS) is 9.74. The van der Waals surface area contributed by atoms with E-state index in [9.17, 15) is 14.4 Å². The Kier molecular flexibility index (Phi) is 5.53. The summed E-state index contributed by atoms with van der Waals surface area (Å²) in [7, 11) is 0. The zero-order valence-corrected chi connectivity index (χ0v) is 10.7. The second-order valence-corrected chi connectivity index (χ2v) is 4.09. The van der Waals surface area contributed by atoms with Crippen LogP contribution in [0.1, 0.15) is 30.1 Å². The van der Waals surface area contributed by atoms with Gasteiger partial charge in [0.05, 0.1) is 0 Å². The largest absolute Gasteiger partial charge is 0.370 e. The minimum atomic E-state index is -0.392. The number of nitrogens with one attached hydrogen (secondary N) is 2. The fourth-order valence-electron chi connectivity index (χ4n) is 1.46. The van der Waals surface area contributed by atoms with Crippen molar-refractivity contribution in [3.05, 3.63) is 29.8 Å². The Balaban J connectivity index is 2.42. The third-order valence-electron chi connectivity index (χ3n) is 2.41. The summed E-state index contributed by atoms with van der Waals surface area (Å²) < 4.78 is 0. The van der Waals surface area contributed by atoms with Crippen molar-refractivity contribution in [3.8, 4) is 0 Å². The van der Waals surface area contributed by atoms with Crippen molar-refractivity contribution in [2.45, 2.75) is 19.8 Å². The number of hydrogen-bond donors (Lipinski definition) is 3. The summed E-state index contributed by atoms with van der Waals surface area (Å²) in [6, 6.07) is 6.28. The number of nitrogens with two attached hydrogens (primary N) is 1. The van der Waals surface area contributed by atoms with Crippen molar-refractivity contribution < 1.29 is 14.4 Å². The first-order chi connectivity index (χ1) is 8.99. The highest BCUT2D eigenvalue weighted by molar-refractivity contribution is 5.96. The highest BCUT2D eigenvalue weighted by atomic mass is 16.2. The molecule has 0 bridgehead atoms. The first-order valence-electron chi connectivity index (χ1n) is 5.93. The van der Waals surface area contributed by atoms with Gasteiger partial charge in [0.1, 0.15) is 0 Å². The van der Waals surface area contributed by atoms with Crippen LogP contribution in [0.5, 0.6) is 0 Å². The molecule has 1 rings (SSSR count). The van der Waals surface area contributed by atoms with Crippen LogP contribution in [0.2, 0.25) is 0 Å². The molecule has 6 nitrogen and oxygen atoms in total. The monoisotopic (exact) mass is 263 g/mol. The van der Waals surface area contributed by atoms with Gasteiger partial charge in [-0.1, -0.05) is 12.1 Å². The Morgan fingerprint density at radius 1 is 1.26 bits per heavy atom. The molecular weight excluding hydrogens is 246 g/mol. The molecule has 3 amide bonds. The highest BCUT2D eigenvalue weighted by Crippen LogP contribution is 2.10. The highest BCUT2D eigenvalue weighted by Gasteiger charge is 2.04.